The maximum atomic E-state index is 13.8. The molecule has 1 aliphatic heterocycles. The highest BCUT2D eigenvalue weighted by Crippen LogP contribution is 2.52. The Balaban J connectivity index is 1.89. The molecule has 1 heterocycles. The third-order valence-corrected chi connectivity index (χ3v) is 7.53. The van der Waals surface area contributed by atoms with Crippen molar-refractivity contribution in [3.05, 3.63) is 83.4 Å². The van der Waals surface area contributed by atoms with Gasteiger partial charge in [-0.25, -0.2) is 8.42 Å². The van der Waals surface area contributed by atoms with Gasteiger partial charge in [0.05, 0.1) is 30.8 Å². The standard InChI is InChI=1S/C24H25NO4S/c1-16-5-12-21(13-6-16)30(26,27)25-23-14-11-20(29-4)15-22(23)17(2)24(25)18-7-9-19(28-3)10-8-18/h5-15,17,24H,1-4H3. The molecule has 0 fully saturated rings. The van der Waals surface area contributed by atoms with Gasteiger partial charge in [0.15, 0.2) is 0 Å². The zero-order chi connectivity index (χ0) is 21.5. The highest BCUT2D eigenvalue weighted by atomic mass is 32.2. The monoisotopic (exact) mass is 423 g/mol. The van der Waals surface area contributed by atoms with Crippen molar-refractivity contribution in [1.82, 2.24) is 0 Å². The summed E-state index contributed by atoms with van der Waals surface area (Å²) in [5.41, 5.74) is 3.56. The first kappa shape index (κ1) is 20.3. The van der Waals surface area contributed by atoms with Crippen molar-refractivity contribution in [3.63, 3.8) is 0 Å². The van der Waals surface area contributed by atoms with Crippen LogP contribution in [0, 0.1) is 6.92 Å². The Morgan fingerprint density at radius 3 is 2.03 bits per heavy atom. The Morgan fingerprint density at radius 2 is 1.43 bits per heavy atom. The van der Waals surface area contributed by atoms with Crippen LogP contribution in [0.15, 0.2) is 71.6 Å². The van der Waals surface area contributed by atoms with Crippen molar-refractivity contribution in [3.8, 4) is 11.5 Å². The van der Waals surface area contributed by atoms with E-state index < -0.39 is 10.0 Å². The predicted molar refractivity (Wildman–Crippen MR) is 118 cm³/mol. The van der Waals surface area contributed by atoms with E-state index in [1.807, 2.05) is 55.5 Å². The van der Waals surface area contributed by atoms with E-state index in [0.29, 0.717) is 11.4 Å². The topological polar surface area (TPSA) is 55.8 Å². The summed E-state index contributed by atoms with van der Waals surface area (Å²) >= 11 is 0. The fourth-order valence-corrected chi connectivity index (χ4v) is 5.81. The number of benzene rings is 3. The van der Waals surface area contributed by atoms with Gasteiger partial charge in [-0.1, -0.05) is 36.8 Å². The van der Waals surface area contributed by atoms with Crippen LogP contribution in [0.4, 0.5) is 5.69 Å². The average molecular weight is 424 g/mol. The van der Waals surface area contributed by atoms with Crippen LogP contribution in [0.5, 0.6) is 11.5 Å². The third kappa shape index (κ3) is 3.31. The second-order valence-electron chi connectivity index (χ2n) is 7.55. The average Bonchev–Trinajstić information content (AvgIpc) is 3.06. The number of methoxy groups -OCH3 is 2. The summed E-state index contributed by atoms with van der Waals surface area (Å²) in [6.45, 7) is 3.99. The lowest BCUT2D eigenvalue weighted by Gasteiger charge is -2.29. The normalized spacial score (nSPS) is 18.2. The van der Waals surface area contributed by atoms with Gasteiger partial charge in [0.1, 0.15) is 11.5 Å². The number of sulfonamides is 1. The van der Waals surface area contributed by atoms with E-state index in [9.17, 15) is 8.42 Å². The third-order valence-electron chi connectivity index (χ3n) is 5.72. The number of rotatable bonds is 5. The minimum absolute atomic E-state index is 0.0521. The lowest BCUT2D eigenvalue weighted by atomic mass is 9.92. The minimum atomic E-state index is -3.77. The smallest absolute Gasteiger partial charge is 0.264 e. The SMILES string of the molecule is COc1ccc(C2C(C)c3cc(OC)ccc3N2S(=O)(=O)c2ccc(C)cc2)cc1. The van der Waals surface area contributed by atoms with Crippen molar-refractivity contribution >= 4 is 15.7 Å². The first-order chi connectivity index (χ1) is 14.4. The van der Waals surface area contributed by atoms with Crippen molar-refractivity contribution in [2.45, 2.75) is 30.7 Å². The highest BCUT2D eigenvalue weighted by Gasteiger charge is 2.44. The molecule has 30 heavy (non-hydrogen) atoms. The van der Waals surface area contributed by atoms with E-state index in [0.717, 1.165) is 22.4 Å². The molecule has 156 valence electrons. The number of fused-ring (bicyclic) bond motifs is 1. The van der Waals surface area contributed by atoms with E-state index >= 15 is 0 Å². The van der Waals surface area contributed by atoms with E-state index in [1.165, 1.54) is 0 Å². The van der Waals surface area contributed by atoms with E-state index in [4.69, 9.17) is 9.47 Å². The fourth-order valence-electron chi connectivity index (χ4n) is 4.08. The molecule has 0 N–H and O–H groups in total. The van der Waals surface area contributed by atoms with Gasteiger partial charge in [0, 0.05) is 5.92 Å². The Kier molecular flexibility index (Phi) is 5.20. The lowest BCUT2D eigenvalue weighted by Crippen LogP contribution is -2.33. The Morgan fingerprint density at radius 1 is 0.833 bits per heavy atom. The van der Waals surface area contributed by atoms with Crippen LogP contribution < -0.4 is 13.8 Å². The molecular formula is C24H25NO4S. The van der Waals surface area contributed by atoms with Gasteiger partial charge in [-0.2, -0.15) is 0 Å². The van der Waals surface area contributed by atoms with Gasteiger partial charge < -0.3 is 9.47 Å². The molecule has 3 aromatic carbocycles. The summed E-state index contributed by atoms with van der Waals surface area (Å²) in [6, 6.07) is 19.8. The van der Waals surface area contributed by atoms with Crippen LogP contribution in [0.2, 0.25) is 0 Å². The van der Waals surface area contributed by atoms with E-state index in [2.05, 4.69) is 6.92 Å². The molecule has 5 nitrogen and oxygen atoms in total. The van der Waals surface area contributed by atoms with Crippen LogP contribution in [-0.4, -0.2) is 22.6 Å². The fraction of sp³-hybridized carbons (Fsp3) is 0.250. The molecule has 0 radical (unpaired) electrons. The summed E-state index contributed by atoms with van der Waals surface area (Å²) in [7, 11) is -0.544. The van der Waals surface area contributed by atoms with Gasteiger partial charge >= 0.3 is 0 Å². The molecular weight excluding hydrogens is 398 g/mol. The molecule has 0 saturated heterocycles. The predicted octanol–water partition coefficient (Wildman–Crippen LogP) is 5.07. The van der Waals surface area contributed by atoms with Gasteiger partial charge in [-0.3, -0.25) is 4.31 Å². The van der Waals surface area contributed by atoms with Crippen LogP contribution in [0.3, 0.4) is 0 Å². The molecule has 0 spiro atoms. The lowest BCUT2D eigenvalue weighted by molar-refractivity contribution is 0.414. The number of hydrogen-bond acceptors (Lipinski definition) is 4. The number of hydrogen-bond donors (Lipinski definition) is 0. The van der Waals surface area contributed by atoms with Crippen molar-refractivity contribution in [2.75, 3.05) is 18.5 Å². The summed E-state index contributed by atoms with van der Waals surface area (Å²) in [4.78, 5) is 0.280. The quantitative estimate of drug-likeness (QED) is 0.575. The molecule has 0 bridgehead atoms. The van der Waals surface area contributed by atoms with Crippen LogP contribution in [0.25, 0.3) is 0 Å². The number of anilines is 1. The van der Waals surface area contributed by atoms with Gasteiger partial charge in [-0.05, 0) is 60.5 Å². The molecule has 3 aromatic rings. The second-order valence-corrected chi connectivity index (χ2v) is 9.36. The molecule has 4 rings (SSSR count). The van der Waals surface area contributed by atoms with Crippen LogP contribution in [-0.2, 0) is 10.0 Å². The molecule has 6 heteroatoms. The zero-order valence-corrected chi connectivity index (χ0v) is 18.3. The molecule has 0 aromatic heterocycles. The van der Waals surface area contributed by atoms with E-state index in [1.54, 1.807) is 36.7 Å². The van der Waals surface area contributed by atoms with Gasteiger partial charge in [0.25, 0.3) is 10.0 Å². The van der Waals surface area contributed by atoms with Gasteiger partial charge in [0.2, 0.25) is 0 Å². The number of ether oxygens (including phenoxy) is 2. The first-order valence-corrected chi connectivity index (χ1v) is 11.2. The molecule has 1 aliphatic rings. The van der Waals surface area contributed by atoms with Gasteiger partial charge in [-0.15, -0.1) is 0 Å². The van der Waals surface area contributed by atoms with Crippen LogP contribution >= 0.6 is 0 Å². The summed E-state index contributed by atoms with van der Waals surface area (Å²) in [5.74, 6) is 1.39. The van der Waals surface area contributed by atoms with Crippen molar-refractivity contribution in [2.24, 2.45) is 0 Å². The van der Waals surface area contributed by atoms with Crippen LogP contribution in [0.1, 0.15) is 35.6 Å². The Hall–Kier alpha value is -2.99. The number of nitrogens with zero attached hydrogens (tertiary/aromatic N) is 1. The zero-order valence-electron chi connectivity index (χ0n) is 17.5. The maximum absolute atomic E-state index is 13.8. The molecule has 0 amide bonds. The Bertz CT molecular complexity index is 1150. The summed E-state index contributed by atoms with van der Waals surface area (Å²) in [5, 5.41) is 0. The molecule has 0 saturated carbocycles. The second kappa shape index (κ2) is 7.69. The van der Waals surface area contributed by atoms with Crippen molar-refractivity contribution in [1.29, 1.82) is 0 Å². The minimum Gasteiger partial charge on any atom is -0.497 e. The first-order valence-electron chi connectivity index (χ1n) is 9.80. The largest absolute Gasteiger partial charge is 0.497 e. The molecule has 2 unspecified atom stereocenters. The molecule has 2 atom stereocenters. The summed E-state index contributed by atoms with van der Waals surface area (Å²) < 4.78 is 39.8. The number of aryl methyl sites for hydroxylation is 1. The Labute approximate surface area is 177 Å². The van der Waals surface area contributed by atoms with E-state index in [-0.39, 0.29) is 16.9 Å². The highest BCUT2D eigenvalue weighted by molar-refractivity contribution is 7.92. The molecule has 0 aliphatic carbocycles. The maximum Gasteiger partial charge on any atom is 0.264 e. The van der Waals surface area contributed by atoms with Crippen molar-refractivity contribution < 1.29 is 17.9 Å². The summed E-state index contributed by atoms with van der Waals surface area (Å²) in [6.07, 6.45) is 0.